The minimum Gasteiger partial charge on any atom is -0.291 e. The van der Waals surface area contributed by atoms with Crippen LogP contribution in [0.3, 0.4) is 0 Å². The molecule has 0 bridgehead atoms. The molecule has 1 atom stereocenters. The van der Waals surface area contributed by atoms with Crippen LogP contribution in [0.1, 0.15) is 84.5 Å². The molecule has 0 amide bonds. The van der Waals surface area contributed by atoms with E-state index in [2.05, 4.69) is 26.0 Å². The van der Waals surface area contributed by atoms with Crippen molar-refractivity contribution in [3.05, 3.63) is 12.2 Å². The molecule has 1 unspecified atom stereocenters. The molecule has 1 radical (unpaired) electrons. The molecule has 0 aromatic rings. The molecule has 0 aromatic heterocycles. The Hall–Kier alpha value is -0.590. The first kappa shape index (κ1) is 17.4. The van der Waals surface area contributed by atoms with Gasteiger partial charge in [0.2, 0.25) is 0 Å². The van der Waals surface area contributed by atoms with Crippen molar-refractivity contribution >= 4 is 6.29 Å². The fourth-order valence-corrected chi connectivity index (χ4v) is 2.01. The van der Waals surface area contributed by atoms with Gasteiger partial charge in [-0.3, -0.25) is 4.79 Å². The number of rotatable bonds is 13. The van der Waals surface area contributed by atoms with Gasteiger partial charge < -0.3 is 0 Å². The molecule has 0 aliphatic carbocycles. The molecule has 0 aliphatic heterocycles. The van der Waals surface area contributed by atoms with Gasteiger partial charge in [0.05, 0.1) is 0 Å². The quantitative estimate of drug-likeness (QED) is 0.307. The van der Waals surface area contributed by atoms with Crippen molar-refractivity contribution in [2.24, 2.45) is 5.92 Å². The molecule has 105 valence electrons. The van der Waals surface area contributed by atoms with Crippen LogP contribution in [-0.2, 0) is 4.79 Å². The summed E-state index contributed by atoms with van der Waals surface area (Å²) in [5.41, 5.74) is 0. The summed E-state index contributed by atoms with van der Waals surface area (Å²) in [5, 5.41) is 0. The van der Waals surface area contributed by atoms with Crippen LogP contribution < -0.4 is 0 Å². The maximum atomic E-state index is 9.99. The highest BCUT2D eigenvalue weighted by atomic mass is 16.1. The molecule has 18 heavy (non-hydrogen) atoms. The lowest BCUT2D eigenvalue weighted by atomic mass is 10.0. The molecule has 0 spiro atoms. The van der Waals surface area contributed by atoms with Crippen LogP contribution >= 0.6 is 0 Å². The summed E-state index contributed by atoms with van der Waals surface area (Å²) in [5.74, 6) is 0.901. The Balaban J connectivity index is 3.11. The van der Waals surface area contributed by atoms with Gasteiger partial charge in [0.25, 0.3) is 0 Å². The molecule has 0 aromatic carbocycles. The van der Waals surface area contributed by atoms with Gasteiger partial charge in [-0.1, -0.05) is 58.1 Å². The largest absolute Gasteiger partial charge is 0.291 e. The summed E-state index contributed by atoms with van der Waals surface area (Å²) >= 11 is 0. The van der Waals surface area contributed by atoms with E-state index < -0.39 is 0 Å². The van der Waals surface area contributed by atoms with Gasteiger partial charge in [0.15, 0.2) is 6.29 Å². The third-order valence-electron chi connectivity index (χ3n) is 3.58. The Morgan fingerprint density at radius 2 is 1.56 bits per heavy atom. The van der Waals surface area contributed by atoms with Crippen LogP contribution in [0.15, 0.2) is 12.2 Å². The average molecular weight is 251 g/mol. The number of hydrogen-bond acceptors (Lipinski definition) is 1. The predicted molar refractivity (Wildman–Crippen MR) is 80.5 cm³/mol. The first-order chi connectivity index (χ1) is 8.81. The lowest BCUT2D eigenvalue weighted by molar-refractivity contribution is 0.486. The Labute approximate surface area is 114 Å². The number of hydrogen-bond donors (Lipinski definition) is 0. The SMILES string of the molecule is CCC(C)CCCC/C=C\CCCCCC[C]=O. The van der Waals surface area contributed by atoms with Crippen molar-refractivity contribution in [2.45, 2.75) is 84.5 Å². The number of allylic oxidation sites excluding steroid dienone is 2. The summed E-state index contributed by atoms with van der Waals surface area (Å²) in [6.07, 6.45) is 19.8. The van der Waals surface area contributed by atoms with Gasteiger partial charge in [0.1, 0.15) is 0 Å². The lowest BCUT2D eigenvalue weighted by Gasteiger charge is -2.06. The van der Waals surface area contributed by atoms with E-state index in [0.717, 1.165) is 12.3 Å². The fraction of sp³-hybridized carbons (Fsp3) is 0.824. The Bertz CT molecular complexity index is 196. The third kappa shape index (κ3) is 13.5. The van der Waals surface area contributed by atoms with Crippen LogP contribution in [0.5, 0.6) is 0 Å². The van der Waals surface area contributed by atoms with Crippen molar-refractivity contribution in [1.82, 2.24) is 0 Å². The summed E-state index contributed by atoms with van der Waals surface area (Å²) in [6.45, 7) is 4.62. The van der Waals surface area contributed by atoms with Crippen molar-refractivity contribution in [3.63, 3.8) is 0 Å². The van der Waals surface area contributed by atoms with E-state index in [-0.39, 0.29) is 0 Å². The van der Waals surface area contributed by atoms with Crippen LogP contribution in [0.25, 0.3) is 0 Å². The van der Waals surface area contributed by atoms with Crippen molar-refractivity contribution in [1.29, 1.82) is 0 Å². The van der Waals surface area contributed by atoms with Crippen LogP contribution in [0.2, 0.25) is 0 Å². The molecule has 1 heteroatoms. The van der Waals surface area contributed by atoms with Crippen LogP contribution in [0, 0.1) is 5.92 Å². The molecule has 0 saturated heterocycles. The van der Waals surface area contributed by atoms with E-state index in [9.17, 15) is 4.79 Å². The molecule has 1 nitrogen and oxygen atoms in total. The Morgan fingerprint density at radius 1 is 0.944 bits per heavy atom. The summed E-state index contributed by atoms with van der Waals surface area (Å²) in [6, 6.07) is 0. The first-order valence-electron chi connectivity index (χ1n) is 7.81. The minimum atomic E-state index is 0.617. The highest BCUT2D eigenvalue weighted by Gasteiger charge is 1.96. The molecule has 0 rings (SSSR count). The van der Waals surface area contributed by atoms with E-state index in [1.165, 1.54) is 57.8 Å². The van der Waals surface area contributed by atoms with Gasteiger partial charge in [-0.15, -0.1) is 0 Å². The zero-order chi connectivity index (χ0) is 13.5. The monoisotopic (exact) mass is 251 g/mol. The van der Waals surface area contributed by atoms with Crippen molar-refractivity contribution in [3.8, 4) is 0 Å². The second kappa shape index (κ2) is 14.5. The topological polar surface area (TPSA) is 17.1 Å². The van der Waals surface area contributed by atoms with Crippen molar-refractivity contribution in [2.75, 3.05) is 0 Å². The van der Waals surface area contributed by atoms with Gasteiger partial charge in [-0.2, -0.15) is 0 Å². The van der Waals surface area contributed by atoms with Gasteiger partial charge in [-0.05, 0) is 38.0 Å². The maximum absolute atomic E-state index is 9.99. The molecule has 0 heterocycles. The minimum absolute atomic E-state index is 0.617. The summed E-state index contributed by atoms with van der Waals surface area (Å²) < 4.78 is 0. The maximum Gasteiger partial charge on any atom is 0.198 e. The highest BCUT2D eigenvalue weighted by molar-refractivity contribution is 5.50. The second-order valence-corrected chi connectivity index (χ2v) is 5.37. The van der Waals surface area contributed by atoms with Crippen LogP contribution in [-0.4, -0.2) is 6.29 Å². The van der Waals surface area contributed by atoms with Gasteiger partial charge in [0, 0.05) is 6.42 Å². The Kier molecular flexibility index (Phi) is 14.0. The average Bonchev–Trinajstić information content (AvgIpc) is 2.39. The van der Waals surface area contributed by atoms with Crippen LogP contribution in [0.4, 0.5) is 0 Å². The van der Waals surface area contributed by atoms with Gasteiger partial charge >= 0.3 is 0 Å². The number of unbranched alkanes of at least 4 members (excludes halogenated alkanes) is 7. The normalized spacial score (nSPS) is 13.0. The molecular weight excluding hydrogens is 220 g/mol. The first-order valence-corrected chi connectivity index (χ1v) is 7.81. The van der Waals surface area contributed by atoms with E-state index in [0.29, 0.717) is 6.42 Å². The smallest absolute Gasteiger partial charge is 0.198 e. The molecule has 0 N–H and O–H groups in total. The third-order valence-corrected chi connectivity index (χ3v) is 3.58. The molecular formula is C17H31O. The molecule has 0 saturated carbocycles. The Morgan fingerprint density at radius 3 is 2.17 bits per heavy atom. The van der Waals surface area contributed by atoms with Crippen molar-refractivity contribution < 1.29 is 4.79 Å². The zero-order valence-corrected chi connectivity index (χ0v) is 12.4. The lowest BCUT2D eigenvalue weighted by Crippen LogP contribution is -1.90. The summed E-state index contributed by atoms with van der Waals surface area (Å²) in [4.78, 5) is 9.99. The molecule has 0 aliphatic rings. The highest BCUT2D eigenvalue weighted by Crippen LogP contribution is 2.12. The zero-order valence-electron chi connectivity index (χ0n) is 12.4. The fourth-order valence-electron chi connectivity index (χ4n) is 2.01. The standard InChI is InChI=1S/C17H31O/c1-3-17(2)15-13-11-9-7-5-4-6-8-10-12-14-16-18/h5,7,17H,3-4,6,8-15H2,1-2H3/b7-5-. The van der Waals surface area contributed by atoms with E-state index in [1.54, 1.807) is 0 Å². The summed E-state index contributed by atoms with van der Waals surface area (Å²) in [7, 11) is 0. The second-order valence-electron chi connectivity index (χ2n) is 5.37. The predicted octanol–water partition coefficient (Wildman–Crippen LogP) is 5.60. The van der Waals surface area contributed by atoms with Gasteiger partial charge in [-0.25, -0.2) is 0 Å². The van der Waals surface area contributed by atoms with E-state index >= 15 is 0 Å². The van der Waals surface area contributed by atoms with E-state index in [1.807, 2.05) is 6.29 Å². The number of carbonyl (C=O) groups excluding carboxylic acids is 1. The van der Waals surface area contributed by atoms with E-state index in [4.69, 9.17) is 0 Å². The molecule has 0 fully saturated rings.